The Kier molecular flexibility index (Phi) is 3.11. The Bertz CT molecular complexity index is 378. The van der Waals surface area contributed by atoms with Crippen molar-refractivity contribution in [3.63, 3.8) is 0 Å². The third kappa shape index (κ3) is 2.39. The van der Waals surface area contributed by atoms with E-state index in [0.29, 0.717) is 0 Å². The van der Waals surface area contributed by atoms with Crippen LogP contribution in [0.25, 0.3) is 0 Å². The molecule has 0 saturated carbocycles. The smallest absolute Gasteiger partial charge is 0.151 e. The molecule has 1 heterocycles. The minimum atomic E-state index is -0.577. The molecule has 2 nitrogen and oxygen atoms in total. The van der Waals surface area contributed by atoms with Crippen molar-refractivity contribution in [3.05, 3.63) is 33.4 Å². The second kappa shape index (κ2) is 4.22. The van der Waals surface area contributed by atoms with Crippen molar-refractivity contribution in [1.82, 2.24) is 0 Å². The van der Waals surface area contributed by atoms with Crippen LogP contribution in [0.2, 0.25) is 0 Å². The lowest BCUT2D eigenvalue weighted by Gasteiger charge is -2.18. The lowest BCUT2D eigenvalue weighted by atomic mass is 10.0. The van der Waals surface area contributed by atoms with Gasteiger partial charge in [0.05, 0.1) is 6.10 Å². The molecule has 1 saturated heterocycles. The molecule has 1 aliphatic heterocycles. The van der Waals surface area contributed by atoms with Gasteiger partial charge < -0.3 is 9.53 Å². The van der Waals surface area contributed by atoms with Gasteiger partial charge in [-0.1, -0.05) is 12.1 Å². The molecule has 0 bridgehead atoms. The molecule has 3 heteroatoms. The maximum absolute atomic E-state index is 10.8. The van der Waals surface area contributed by atoms with Crippen LogP contribution in [0.3, 0.4) is 0 Å². The quantitative estimate of drug-likeness (QED) is 0.619. The van der Waals surface area contributed by atoms with E-state index in [-0.39, 0.29) is 6.10 Å². The molecule has 2 unspecified atom stereocenters. The average molecular weight is 316 g/mol. The highest BCUT2D eigenvalue weighted by molar-refractivity contribution is 14.1. The van der Waals surface area contributed by atoms with Crippen LogP contribution < -0.4 is 0 Å². The van der Waals surface area contributed by atoms with Gasteiger partial charge in [0.15, 0.2) is 6.29 Å². The van der Waals surface area contributed by atoms with Gasteiger partial charge in [0, 0.05) is 3.57 Å². The van der Waals surface area contributed by atoms with Gasteiger partial charge in [-0.05, 0) is 60.1 Å². The minimum absolute atomic E-state index is 0.0786. The minimum Gasteiger partial charge on any atom is -0.360 e. The largest absolute Gasteiger partial charge is 0.360 e. The number of rotatable bonds is 2. The normalized spacial score (nSPS) is 30.4. The Balaban J connectivity index is 2.18. The number of carbonyl (C=O) groups excluding carboxylic acids is 1. The number of halogens is 1. The van der Waals surface area contributed by atoms with E-state index in [4.69, 9.17) is 4.74 Å². The van der Waals surface area contributed by atoms with E-state index < -0.39 is 5.60 Å². The summed E-state index contributed by atoms with van der Waals surface area (Å²) in [7, 11) is 0. The van der Waals surface area contributed by atoms with Crippen LogP contribution >= 0.6 is 22.6 Å². The fraction of sp³-hybridized carbons (Fsp3) is 0.417. The van der Waals surface area contributed by atoms with Gasteiger partial charge >= 0.3 is 0 Å². The Hall–Kier alpha value is -0.420. The molecule has 15 heavy (non-hydrogen) atoms. The Labute approximate surface area is 103 Å². The predicted octanol–water partition coefficient (Wildman–Crippen LogP) is 3.10. The van der Waals surface area contributed by atoms with Crippen molar-refractivity contribution in [2.75, 3.05) is 0 Å². The Morgan fingerprint density at radius 1 is 1.60 bits per heavy atom. The molecule has 0 N–H and O–H groups in total. The van der Waals surface area contributed by atoms with E-state index in [1.54, 1.807) is 0 Å². The summed E-state index contributed by atoms with van der Waals surface area (Å²) in [6.07, 6.45) is 2.73. The molecule has 1 aromatic carbocycles. The van der Waals surface area contributed by atoms with Crippen LogP contribution in [0.1, 0.15) is 31.4 Å². The summed E-state index contributed by atoms with van der Waals surface area (Å²) in [6, 6.07) is 8.25. The third-order valence-electron chi connectivity index (χ3n) is 2.78. The maximum Gasteiger partial charge on any atom is 0.151 e. The van der Waals surface area contributed by atoms with Crippen molar-refractivity contribution in [2.45, 2.75) is 31.5 Å². The first-order chi connectivity index (χ1) is 7.13. The first-order valence-corrected chi connectivity index (χ1v) is 6.10. The first kappa shape index (κ1) is 11.1. The molecular formula is C12H13IO2. The third-order valence-corrected chi connectivity index (χ3v) is 3.46. The molecule has 1 fully saturated rings. The molecule has 2 atom stereocenters. The van der Waals surface area contributed by atoms with Crippen LogP contribution in [0.4, 0.5) is 0 Å². The number of hydrogen-bond donors (Lipinski definition) is 0. The molecule has 1 aliphatic rings. The van der Waals surface area contributed by atoms with Gasteiger partial charge in [-0.15, -0.1) is 0 Å². The van der Waals surface area contributed by atoms with Gasteiger partial charge in [0.25, 0.3) is 0 Å². The second-order valence-electron chi connectivity index (χ2n) is 4.13. The van der Waals surface area contributed by atoms with Crippen LogP contribution in [0, 0.1) is 3.57 Å². The van der Waals surface area contributed by atoms with E-state index >= 15 is 0 Å². The molecule has 0 amide bonds. The number of aldehydes is 1. The van der Waals surface area contributed by atoms with Gasteiger partial charge in [0.1, 0.15) is 5.60 Å². The lowest BCUT2D eigenvalue weighted by molar-refractivity contribution is -0.127. The van der Waals surface area contributed by atoms with Gasteiger partial charge in [0.2, 0.25) is 0 Å². The van der Waals surface area contributed by atoms with Crippen molar-refractivity contribution < 1.29 is 9.53 Å². The molecule has 0 aromatic heterocycles. The average Bonchev–Trinajstić information content (AvgIpc) is 2.62. The van der Waals surface area contributed by atoms with E-state index in [2.05, 4.69) is 40.8 Å². The SMILES string of the molecule is CC1(C=O)CCC(c2cccc(I)c2)O1. The van der Waals surface area contributed by atoms with E-state index in [1.165, 1.54) is 9.13 Å². The fourth-order valence-electron chi connectivity index (χ4n) is 1.89. The summed E-state index contributed by atoms with van der Waals surface area (Å²) in [5.41, 5.74) is 0.596. The topological polar surface area (TPSA) is 26.3 Å². The zero-order chi connectivity index (χ0) is 10.9. The highest BCUT2D eigenvalue weighted by Crippen LogP contribution is 2.38. The molecule has 0 aliphatic carbocycles. The summed E-state index contributed by atoms with van der Waals surface area (Å²) in [5.74, 6) is 0. The monoisotopic (exact) mass is 316 g/mol. The van der Waals surface area contributed by atoms with Crippen LogP contribution in [-0.2, 0) is 9.53 Å². The summed E-state index contributed by atoms with van der Waals surface area (Å²) >= 11 is 2.28. The van der Waals surface area contributed by atoms with E-state index in [0.717, 1.165) is 19.1 Å². The van der Waals surface area contributed by atoms with Crippen molar-refractivity contribution >= 4 is 28.9 Å². The summed E-state index contributed by atoms with van der Waals surface area (Å²) < 4.78 is 6.97. The van der Waals surface area contributed by atoms with Crippen LogP contribution in [-0.4, -0.2) is 11.9 Å². The highest BCUT2D eigenvalue weighted by atomic mass is 127. The van der Waals surface area contributed by atoms with E-state index in [1.807, 2.05) is 13.0 Å². The zero-order valence-corrected chi connectivity index (χ0v) is 10.7. The number of ether oxygens (including phenoxy) is 1. The number of benzene rings is 1. The molecule has 80 valence electrons. The molecule has 0 radical (unpaired) electrons. The van der Waals surface area contributed by atoms with Gasteiger partial charge in [-0.25, -0.2) is 0 Å². The standard InChI is InChI=1S/C12H13IO2/c1-12(8-14)6-5-11(15-12)9-3-2-4-10(13)7-9/h2-4,7-8,11H,5-6H2,1H3. The molecule has 0 spiro atoms. The van der Waals surface area contributed by atoms with Crippen LogP contribution in [0.5, 0.6) is 0 Å². The second-order valence-corrected chi connectivity index (χ2v) is 5.38. The highest BCUT2D eigenvalue weighted by Gasteiger charge is 2.36. The van der Waals surface area contributed by atoms with Crippen LogP contribution in [0.15, 0.2) is 24.3 Å². The lowest BCUT2D eigenvalue weighted by Crippen LogP contribution is -2.24. The van der Waals surface area contributed by atoms with Crippen molar-refractivity contribution in [2.24, 2.45) is 0 Å². The Morgan fingerprint density at radius 2 is 2.40 bits per heavy atom. The predicted molar refractivity (Wildman–Crippen MR) is 66.7 cm³/mol. The maximum atomic E-state index is 10.8. The summed E-state index contributed by atoms with van der Waals surface area (Å²) in [5, 5.41) is 0. The van der Waals surface area contributed by atoms with E-state index in [9.17, 15) is 4.79 Å². The number of hydrogen-bond acceptors (Lipinski definition) is 2. The van der Waals surface area contributed by atoms with Gasteiger partial charge in [-0.2, -0.15) is 0 Å². The van der Waals surface area contributed by atoms with Crippen molar-refractivity contribution in [1.29, 1.82) is 0 Å². The molecule has 2 rings (SSSR count). The molecule has 1 aromatic rings. The molecular weight excluding hydrogens is 303 g/mol. The zero-order valence-electron chi connectivity index (χ0n) is 8.57. The van der Waals surface area contributed by atoms with Gasteiger partial charge in [-0.3, -0.25) is 0 Å². The first-order valence-electron chi connectivity index (χ1n) is 5.03. The Morgan fingerprint density at radius 3 is 3.00 bits per heavy atom. The summed E-state index contributed by atoms with van der Waals surface area (Å²) in [6.45, 7) is 1.86. The van der Waals surface area contributed by atoms with Crippen molar-refractivity contribution in [3.8, 4) is 0 Å². The summed E-state index contributed by atoms with van der Waals surface area (Å²) in [4.78, 5) is 10.8. The number of carbonyl (C=O) groups is 1. The fourth-order valence-corrected chi connectivity index (χ4v) is 2.46.